The van der Waals surface area contributed by atoms with E-state index in [-0.39, 0.29) is 12.3 Å². The first-order chi connectivity index (χ1) is 10.7. The Morgan fingerprint density at radius 1 is 1.23 bits per heavy atom. The highest BCUT2D eigenvalue weighted by Gasteiger charge is 2.23. The number of rotatable bonds is 3. The summed E-state index contributed by atoms with van der Waals surface area (Å²) in [4.78, 5) is 14.4. The van der Waals surface area contributed by atoms with Gasteiger partial charge < -0.3 is 4.90 Å². The lowest BCUT2D eigenvalue weighted by molar-refractivity contribution is -0.130. The molecule has 2 aromatic rings. The summed E-state index contributed by atoms with van der Waals surface area (Å²) in [5.74, 6) is 0.668. The molecule has 5 nitrogen and oxygen atoms in total. The Kier molecular flexibility index (Phi) is 4.51. The Bertz CT molecular complexity index is 624. The van der Waals surface area contributed by atoms with Crippen LogP contribution in [0, 0.1) is 6.92 Å². The van der Waals surface area contributed by atoms with Gasteiger partial charge in [0.15, 0.2) is 0 Å². The van der Waals surface area contributed by atoms with Gasteiger partial charge >= 0.3 is 0 Å². The fraction of sp³-hybridized carbons (Fsp3) is 0.471. The van der Waals surface area contributed by atoms with Gasteiger partial charge in [-0.15, -0.1) is 0 Å². The van der Waals surface area contributed by atoms with E-state index in [2.05, 4.69) is 39.2 Å². The van der Waals surface area contributed by atoms with Crippen LogP contribution in [0.4, 0.5) is 0 Å². The van der Waals surface area contributed by atoms with Crippen molar-refractivity contribution in [1.29, 1.82) is 0 Å². The molecule has 22 heavy (non-hydrogen) atoms. The van der Waals surface area contributed by atoms with Crippen molar-refractivity contribution in [1.82, 2.24) is 15.2 Å². The maximum atomic E-state index is 12.4. The van der Waals surface area contributed by atoms with Crippen molar-refractivity contribution < 1.29 is 9.42 Å². The monoisotopic (exact) mass is 299 g/mol. The molecule has 1 fully saturated rings. The minimum Gasteiger partial charge on any atom is -0.342 e. The normalized spacial score (nSPS) is 19.0. The molecule has 2 heterocycles. The van der Waals surface area contributed by atoms with Gasteiger partial charge in [0.05, 0.1) is 6.42 Å². The van der Waals surface area contributed by atoms with Crippen LogP contribution < -0.4 is 0 Å². The zero-order valence-electron chi connectivity index (χ0n) is 12.9. The molecule has 0 N–H and O–H groups in total. The van der Waals surface area contributed by atoms with Gasteiger partial charge in [-0.05, 0) is 37.7 Å². The second kappa shape index (κ2) is 6.73. The van der Waals surface area contributed by atoms with Crippen molar-refractivity contribution in [2.45, 2.75) is 38.5 Å². The maximum absolute atomic E-state index is 12.4. The van der Waals surface area contributed by atoms with Gasteiger partial charge in [-0.25, -0.2) is 4.63 Å². The topological polar surface area (TPSA) is 59.2 Å². The van der Waals surface area contributed by atoms with E-state index >= 15 is 0 Å². The van der Waals surface area contributed by atoms with E-state index in [0.717, 1.165) is 32.4 Å². The standard InChI is InChI=1S/C17H21N3O2/c1-13-16(19-22-18-13)12-17(21)20-10-5-8-15(9-11-20)14-6-3-2-4-7-14/h2-4,6-7,15H,5,8-12H2,1H3. The zero-order chi connectivity index (χ0) is 15.4. The van der Waals surface area contributed by atoms with E-state index < -0.39 is 0 Å². The summed E-state index contributed by atoms with van der Waals surface area (Å²) >= 11 is 0. The van der Waals surface area contributed by atoms with Crippen LogP contribution >= 0.6 is 0 Å². The molecule has 3 rings (SSSR count). The predicted molar refractivity (Wildman–Crippen MR) is 82.4 cm³/mol. The van der Waals surface area contributed by atoms with Crippen LogP contribution in [0.15, 0.2) is 35.0 Å². The number of aryl methyl sites for hydroxylation is 1. The smallest absolute Gasteiger partial charge is 0.228 e. The lowest BCUT2D eigenvalue weighted by atomic mass is 9.92. The molecular weight excluding hydrogens is 278 g/mol. The molecule has 5 heteroatoms. The number of amides is 1. The second-order valence-electron chi connectivity index (χ2n) is 5.89. The number of benzene rings is 1. The van der Waals surface area contributed by atoms with Gasteiger partial charge in [-0.3, -0.25) is 4.79 Å². The van der Waals surface area contributed by atoms with E-state index in [4.69, 9.17) is 0 Å². The number of carbonyl (C=O) groups excluding carboxylic acids is 1. The molecule has 1 aromatic carbocycles. The highest BCUT2D eigenvalue weighted by atomic mass is 16.6. The largest absolute Gasteiger partial charge is 0.342 e. The van der Waals surface area contributed by atoms with Crippen LogP contribution in [0.2, 0.25) is 0 Å². The Balaban J connectivity index is 1.60. The maximum Gasteiger partial charge on any atom is 0.228 e. The summed E-state index contributed by atoms with van der Waals surface area (Å²) in [7, 11) is 0. The molecule has 0 aliphatic carbocycles. The number of likely N-dealkylation sites (tertiary alicyclic amines) is 1. The fourth-order valence-electron chi connectivity index (χ4n) is 3.07. The molecule has 1 unspecified atom stereocenters. The van der Waals surface area contributed by atoms with E-state index in [1.807, 2.05) is 17.9 Å². The Labute approximate surface area is 130 Å². The molecule has 0 saturated carbocycles. The average Bonchev–Trinajstić information content (AvgIpc) is 2.80. The molecule has 1 atom stereocenters. The van der Waals surface area contributed by atoms with Gasteiger partial charge in [0.25, 0.3) is 0 Å². The minimum atomic E-state index is 0.118. The van der Waals surface area contributed by atoms with Crippen LogP contribution in [-0.4, -0.2) is 34.2 Å². The van der Waals surface area contributed by atoms with Gasteiger partial charge in [0.1, 0.15) is 11.4 Å². The van der Waals surface area contributed by atoms with Crippen molar-refractivity contribution >= 4 is 5.91 Å². The summed E-state index contributed by atoms with van der Waals surface area (Å²) in [6, 6.07) is 10.6. The summed E-state index contributed by atoms with van der Waals surface area (Å²) in [5, 5.41) is 7.53. The highest BCUT2D eigenvalue weighted by molar-refractivity contribution is 5.78. The van der Waals surface area contributed by atoms with Crippen molar-refractivity contribution in [3.63, 3.8) is 0 Å². The lowest BCUT2D eigenvalue weighted by Gasteiger charge is -2.20. The van der Waals surface area contributed by atoms with Crippen molar-refractivity contribution in [2.24, 2.45) is 0 Å². The minimum absolute atomic E-state index is 0.118. The van der Waals surface area contributed by atoms with E-state index in [1.54, 1.807) is 0 Å². The molecular formula is C17H21N3O2. The Morgan fingerprint density at radius 2 is 2.05 bits per heavy atom. The lowest BCUT2D eigenvalue weighted by Crippen LogP contribution is -2.33. The number of nitrogens with zero attached hydrogens (tertiary/aromatic N) is 3. The van der Waals surface area contributed by atoms with Crippen LogP contribution in [0.1, 0.15) is 42.1 Å². The van der Waals surface area contributed by atoms with E-state index in [1.165, 1.54) is 5.56 Å². The molecule has 1 saturated heterocycles. The van der Waals surface area contributed by atoms with Gasteiger partial charge in [0, 0.05) is 13.1 Å². The van der Waals surface area contributed by atoms with Crippen LogP contribution in [-0.2, 0) is 11.2 Å². The summed E-state index contributed by atoms with van der Waals surface area (Å²) in [6.07, 6.45) is 3.48. The summed E-state index contributed by atoms with van der Waals surface area (Å²) < 4.78 is 4.66. The van der Waals surface area contributed by atoms with Crippen LogP contribution in [0.25, 0.3) is 0 Å². The van der Waals surface area contributed by atoms with E-state index in [0.29, 0.717) is 17.3 Å². The number of hydrogen-bond donors (Lipinski definition) is 0. The Morgan fingerprint density at radius 3 is 2.77 bits per heavy atom. The van der Waals surface area contributed by atoms with Crippen LogP contribution in [0.5, 0.6) is 0 Å². The van der Waals surface area contributed by atoms with Gasteiger partial charge in [-0.1, -0.05) is 40.6 Å². The molecule has 0 radical (unpaired) electrons. The summed E-state index contributed by atoms with van der Waals surface area (Å²) in [5.41, 5.74) is 2.73. The molecule has 1 aromatic heterocycles. The summed E-state index contributed by atoms with van der Waals surface area (Å²) in [6.45, 7) is 3.45. The first-order valence-electron chi connectivity index (χ1n) is 7.85. The fourth-order valence-corrected chi connectivity index (χ4v) is 3.07. The molecule has 0 bridgehead atoms. The second-order valence-corrected chi connectivity index (χ2v) is 5.89. The van der Waals surface area contributed by atoms with Crippen molar-refractivity contribution in [2.75, 3.05) is 13.1 Å². The third-order valence-electron chi connectivity index (χ3n) is 4.42. The van der Waals surface area contributed by atoms with Gasteiger partial charge in [-0.2, -0.15) is 0 Å². The highest BCUT2D eigenvalue weighted by Crippen LogP contribution is 2.28. The first kappa shape index (κ1) is 14.8. The molecule has 0 spiro atoms. The molecule has 1 aliphatic rings. The quantitative estimate of drug-likeness (QED) is 0.874. The van der Waals surface area contributed by atoms with Gasteiger partial charge in [0.2, 0.25) is 5.91 Å². The molecule has 1 amide bonds. The average molecular weight is 299 g/mol. The first-order valence-corrected chi connectivity index (χ1v) is 7.85. The van der Waals surface area contributed by atoms with Crippen molar-refractivity contribution in [3.8, 4) is 0 Å². The molecule has 1 aliphatic heterocycles. The SMILES string of the molecule is Cc1nonc1CC(=O)N1CCCC(c2ccccc2)CC1. The predicted octanol–water partition coefficient (Wildman–Crippen LogP) is 2.72. The third kappa shape index (κ3) is 3.35. The Hall–Kier alpha value is -2.17. The number of aromatic nitrogens is 2. The van der Waals surface area contributed by atoms with Crippen molar-refractivity contribution in [3.05, 3.63) is 47.3 Å². The molecule has 116 valence electrons. The van der Waals surface area contributed by atoms with Crippen LogP contribution in [0.3, 0.4) is 0 Å². The zero-order valence-corrected chi connectivity index (χ0v) is 12.9. The number of carbonyl (C=O) groups is 1. The van der Waals surface area contributed by atoms with E-state index in [9.17, 15) is 4.79 Å². The third-order valence-corrected chi connectivity index (χ3v) is 4.42. The number of hydrogen-bond acceptors (Lipinski definition) is 4.